The first-order chi connectivity index (χ1) is 10.3. The lowest BCUT2D eigenvalue weighted by Crippen LogP contribution is -2.16. The molecule has 1 amide bonds. The van der Waals surface area contributed by atoms with E-state index < -0.39 is 0 Å². The third-order valence-electron chi connectivity index (χ3n) is 3.71. The van der Waals surface area contributed by atoms with Gasteiger partial charge < -0.3 is 5.32 Å². The Bertz CT molecular complexity index is 689. The van der Waals surface area contributed by atoms with Gasteiger partial charge in [0.15, 0.2) is 0 Å². The van der Waals surface area contributed by atoms with Crippen LogP contribution < -0.4 is 5.32 Å². The molecule has 1 N–H and O–H groups in total. The monoisotopic (exact) mass is 297 g/mol. The van der Waals surface area contributed by atoms with E-state index >= 15 is 0 Å². The first kappa shape index (κ1) is 13.9. The molecular formula is C18H16ClNO. The molecule has 0 radical (unpaired) electrons. The molecule has 0 unspecified atom stereocenters. The number of carbonyl (C=O) groups is 1. The maximum Gasteiger partial charge on any atom is 0.251 e. The molecule has 0 saturated carbocycles. The summed E-state index contributed by atoms with van der Waals surface area (Å²) in [6, 6.07) is 15.8. The SMILES string of the molecule is O=C(Nc1ccc(CCl)cc1)C1=Cc2ccccc2CC1. The maximum absolute atomic E-state index is 12.3. The van der Waals surface area contributed by atoms with E-state index in [0.29, 0.717) is 5.88 Å². The lowest BCUT2D eigenvalue weighted by molar-refractivity contribution is -0.112. The molecule has 1 aliphatic carbocycles. The first-order valence-corrected chi connectivity index (χ1v) is 7.54. The van der Waals surface area contributed by atoms with Crippen molar-refractivity contribution in [1.82, 2.24) is 0 Å². The van der Waals surface area contributed by atoms with E-state index in [2.05, 4.69) is 17.4 Å². The Morgan fingerprint density at radius 3 is 2.57 bits per heavy atom. The number of carbonyl (C=O) groups excluding carboxylic acids is 1. The normalized spacial score (nSPS) is 13.3. The highest BCUT2D eigenvalue weighted by Gasteiger charge is 2.15. The van der Waals surface area contributed by atoms with E-state index in [4.69, 9.17) is 11.6 Å². The Hall–Kier alpha value is -2.06. The molecule has 2 aromatic rings. The topological polar surface area (TPSA) is 29.1 Å². The summed E-state index contributed by atoms with van der Waals surface area (Å²) in [6.45, 7) is 0. The smallest absolute Gasteiger partial charge is 0.251 e. The van der Waals surface area contributed by atoms with Crippen LogP contribution in [-0.2, 0) is 17.1 Å². The number of nitrogens with one attached hydrogen (secondary N) is 1. The molecule has 2 nitrogen and oxygen atoms in total. The van der Waals surface area contributed by atoms with Gasteiger partial charge in [0, 0.05) is 17.1 Å². The summed E-state index contributed by atoms with van der Waals surface area (Å²) in [6.07, 6.45) is 3.69. The Labute approximate surface area is 129 Å². The Kier molecular flexibility index (Phi) is 4.07. The molecule has 1 aliphatic rings. The molecule has 0 aliphatic heterocycles. The summed E-state index contributed by atoms with van der Waals surface area (Å²) in [5.41, 5.74) is 5.12. The molecule has 0 spiro atoms. The molecule has 0 saturated heterocycles. The number of hydrogen-bond acceptors (Lipinski definition) is 1. The summed E-state index contributed by atoms with van der Waals surface area (Å²) in [7, 11) is 0. The van der Waals surface area contributed by atoms with E-state index in [9.17, 15) is 4.79 Å². The largest absolute Gasteiger partial charge is 0.322 e. The zero-order chi connectivity index (χ0) is 14.7. The van der Waals surface area contributed by atoms with Gasteiger partial charge in [-0.05, 0) is 47.7 Å². The predicted molar refractivity (Wildman–Crippen MR) is 87.4 cm³/mol. The summed E-state index contributed by atoms with van der Waals surface area (Å²) < 4.78 is 0. The van der Waals surface area contributed by atoms with Gasteiger partial charge in [0.2, 0.25) is 0 Å². The number of halogens is 1. The minimum Gasteiger partial charge on any atom is -0.322 e. The van der Waals surface area contributed by atoms with Crippen molar-refractivity contribution in [1.29, 1.82) is 0 Å². The summed E-state index contributed by atoms with van der Waals surface area (Å²) in [4.78, 5) is 12.3. The summed E-state index contributed by atoms with van der Waals surface area (Å²) in [5, 5.41) is 2.94. The molecular weight excluding hydrogens is 282 g/mol. The second-order valence-electron chi connectivity index (χ2n) is 5.15. The van der Waals surface area contributed by atoms with E-state index in [1.807, 2.05) is 42.5 Å². The third kappa shape index (κ3) is 3.17. The van der Waals surface area contributed by atoms with Crippen molar-refractivity contribution >= 4 is 29.3 Å². The third-order valence-corrected chi connectivity index (χ3v) is 4.01. The van der Waals surface area contributed by atoms with Crippen LogP contribution in [0.4, 0.5) is 5.69 Å². The number of rotatable bonds is 3. The quantitative estimate of drug-likeness (QED) is 0.836. The fourth-order valence-electron chi connectivity index (χ4n) is 2.50. The van der Waals surface area contributed by atoms with Crippen LogP contribution in [0.5, 0.6) is 0 Å². The number of fused-ring (bicyclic) bond motifs is 1. The van der Waals surface area contributed by atoms with Crippen LogP contribution in [-0.4, -0.2) is 5.91 Å². The van der Waals surface area contributed by atoms with Crippen molar-refractivity contribution in [3.63, 3.8) is 0 Å². The van der Waals surface area contributed by atoms with Gasteiger partial charge in [-0.15, -0.1) is 11.6 Å². The Morgan fingerprint density at radius 2 is 1.81 bits per heavy atom. The van der Waals surface area contributed by atoms with Gasteiger partial charge >= 0.3 is 0 Å². The van der Waals surface area contributed by atoms with Crippen molar-refractivity contribution in [2.24, 2.45) is 0 Å². The van der Waals surface area contributed by atoms with E-state index in [1.165, 1.54) is 5.56 Å². The first-order valence-electron chi connectivity index (χ1n) is 7.01. The predicted octanol–water partition coefficient (Wildman–Crippen LogP) is 4.39. The number of anilines is 1. The highest BCUT2D eigenvalue weighted by Crippen LogP contribution is 2.24. The lowest BCUT2D eigenvalue weighted by Gasteiger charge is -2.16. The molecule has 2 aromatic carbocycles. The van der Waals surface area contributed by atoms with E-state index in [-0.39, 0.29) is 5.91 Å². The number of hydrogen-bond donors (Lipinski definition) is 1. The Balaban J connectivity index is 1.75. The Morgan fingerprint density at radius 1 is 1.05 bits per heavy atom. The highest BCUT2D eigenvalue weighted by molar-refractivity contribution is 6.17. The molecule has 3 rings (SSSR count). The van der Waals surface area contributed by atoms with Gasteiger partial charge in [-0.25, -0.2) is 0 Å². The molecule has 0 aromatic heterocycles. The number of amides is 1. The number of alkyl halides is 1. The average molecular weight is 298 g/mol. The van der Waals surface area contributed by atoms with Crippen LogP contribution in [0.2, 0.25) is 0 Å². The van der Waals surface area contributed by atoms with Crippen molar-refractivity contribution in [2.45, 2.75) is 18.7 Å². The number of benzene rings is 2. The van der Waals surface area contributed by atoms with Gasteiger partial charge in [0.25, 0.3) is 5.91 Å². The van der Waals surface area contributed by atoms with Crippen LogP contribution in [0.3, 0.4) is 0 Å². The molecule has 0 fully saturated rings. The van der Waals surface area contributed by atoms with Crippen LogP contribution in [0.25, 0.3) is 6.08 Å². The highest BCUT2D eigenvalue weighted by atomic mass is 35.5. The molecule has 0 atom stereocenters. The molecule has 0 bridgehead atoms. The lowest BCUT2D eigenvalue weighted by atomic mass is 9.92. The zero-order valence-electron chi connectivity index (χ0n) is 11.6. The molecule has 0 heterocycles. The van der Waals surface area contributed by atoms with Crippen molar-refractivity contribution in [3.05, 3.63) is 70.8 Å². The summed E-state index contributed by atoms with van der Waals surface area (Å²) >= 11 is 5.76. The van der Waals surface area contributed by atoms with Crippen LogP contribution in [0.1, 0.15) is 23.1 Å². The number of aryl methyl sites for hydroxylation is 1. The molecule has 106 valence electrons. The van der Waals surface area contributed by atoms with Crippen molar-refractivity contribution < 1.29 is 4.79 Å². The second kappa shape index (κ2) is 6.15. The van der Waals surface area contributed by atoms with Crippen LogP contribution in [0.15, 0.2) is 54.1 Å². The van der Waals surface area contributed by atoms with Crippen molar-refractivity contribution in [2.75, 3.05) is 5.32 Å². The fraction of sp³-hybridized carbons (Fsp3) is 0.167. The molecule has 21 heavy (non-hydrogen) atoms. The van der Waals surface area contributed by atoms with Gasteiger partial charge in [-0.3, -0.25) is 4.79 Å². The second-order valence-corrected chi connectivity index (χ2v) is 5.42. The van der Waals surface area contributed by atoms with Crippen LogP contribution >= 0.6 is 11.6 Å². The van der Waals surface area contributed by atoms with E-state index in [1.54, 1.807) is 0 Å². The fourth-order valence-corrected chi connectivity index (χ4v) is 2.68. The zero-order valence-corrected chi connectivity index (χ0v) is 12.4. The van der Waals surface area contributed by atoms with Crippen molar-refractivity contribution in [3.8, 4) is 0 Å². The van der Waals surface area contributed by atoms with Gasteiger partial charge in [-0.1, -0.05) is 36.4 Å². The van der Waals surface area contributed by atoms with Crippen LogP contribution in [0, 0.1) is 0 Å². The standard InChI is InChI=1S/C18H16ClNO/c19-12-13-5-9-17(10-6-13)20-18(21)16-8-7-14-3-1-2-4-15(14)11-16/h1-6,9-11H,7-8,12H2,(H,20,21). The molecule has 3 heteroatoms. The maximum atomic E-state index is 12.3. The summed E-state index contributed by atoms with van der Waals surface area (Å²) in [5.74, 6) is 0.457. The van der Waals surface area contributed by atoms with Gasteiger partial charge in [-0.2, -0.15) is 0 Å². The van der Waals surface area contributed by atoms with E-state index in [0.717, 1.165) is 35.2 Å². The minimum atomic E-state index is -0.0249. The minimum absolute atomic E-state index is 0.0249. The van der Waals surface area contributed by atoms with Gasteiger partial charge in [0.1, 0.15) is 0 Å². The van der Waals surface area contributed by atoms with Gasteiger partial charge in [0.05, 0.1) is 0 Å². The average Bonchev–Trinajstić information content (AvgIpc) is 2.55.